The molecule has 0 heterocycles. The van der Waals surface area contributed by atoms with Crippen molar-refractivity contribution < 1.29 is 24.4 Å². The van der Waals surface area contributed by atoms with Crippen LogP contribution in [0.5, 0.6) is 5.75 Å². The number of amidine groups is 1. The zero-order valence-corrected chi connectivity index (χ0v) is 9.90. The van der Waals surface area contributed by atoms with E-state index in [-0.39, 0.29) is 23.6 Å². The van der Waals surface area contributed by atoms with Gasteiger partial charge < -0.3 is 15.6 Å². The van der Waals surface area contributed by atoms with Crippen molar-refractivity contribution in [1.29, 1.82) is 0 Å². The lowest BCUT2D eigenvalue weighted by molar-refractivity contribution is -0.384. The second-order valence-corrected chi connectivity index (χ2v) is 3.21. The number of carbonyl (C=O) groups is 1. The number of phenolic OH excluding ortho intramolecular Hbond substituents is 1. The molecule has 9 nitrogen and oxygen atoms in total. The highest BCUT2D eigenvalue weighted by Crippen LogP contribution is 2.22. The van der Waals surface area contributed by atoms with Crippen LogP contribution in [0.2, 0.25) is 0 Å². The van der Waals surface area contributed by atoms with E-state index in [2.05, 4.69) is 14.7 Å². The van der Waals surface area contributed by atoms with E-state index in [1.807, 2.05) is 0 Å². The summed E-state index contributed by atoms with van der Waals surface area (Å²) < 4.78 is 4.43. The second-order valence-electron chi connectivity index (χ2n) is 3.21. The van der Waals surface area contributed by atoms with Gasteiger partial charge in [-0.25, -0.2) is 4.79 Å². The summed E-state index contributed by atoms with van der Waals surface area (Å²) >= 11 is 0. The maximum atomic E-state index is 10.9. The third-order valence-corrected chi connectivity index (χ3v) is 1.95. The number of non-ortho nitro benzene ring substituents is 1. The summed E-state index contributed by atoms with van der Waals surface area (Å²) in [4.78, 5) is 25.0. The summed E-state index contributed by atoms with van der Waals surface area (Å²) in [5.74, 6) is -0.728. The Morgan fingerprint density at radius 1 is 1.58 bits per heavy atom. The molecule has 0 saturated heterocycles. The lowest BCUT2D eigenvalue weighted by atomic mass is 10.1. The van der Waals surface area contributed by atoms with Gasteiger partial charge in [0.1, 0.15) is 5.75 Å². The van der Waals surface area contributed by atoms with E-state index in [1.54, 1.807) is 6.92 Å². The summed E-state index contributed by atoms with van der Waals surface area (Å²) in [5.41, 5.74) is 5.03. The van der Waals surface area contributed by atoms with Crippen molar-refractivity contribution in [2.24, 2.45) is 10.9 Å². The molecule has 0 radical (unpaired) electrons. The van der Waals surface area contributed by atoms with E-state index in [0.717, 1.165) is 18.2 Å². The molecule has 0 bridgehead atoms. The molecular formula is C10H11N3O6. The Morgan fingerprint density at radius 2 is 2.26 bits per heavy atom. The zero-order valence-electron chi connectivity index (χ0n) is 9.90. The number of hydrogen-bond donors (Lipinski definition) is 2. The first-order valence-electron chi connectivity index (χ1n) is 5.10. The minimum absolute atomic E-state index is 0.0936. The highest BCUT2D eigenvalue weighted by atomic mass is 16.8. The molecule has 19 heavy (non-hydrogen) atoms. The SMILES string of the molecule is CCOC(=O)O/N=C(\N)c1cc([N+](=O)[O-])ccc1O. The number of aromatic hydroxyl groups is 1. The van der Waals surface area contributed by atoms with Crippen LogP contribution in [0.25, 0.3) is 0 Å². The molecule has 0 aliphatic heterocycles. The molecule has 0 atom stereocenters. The molecular weight excluding hydrogens is 258 g/mol. The van der Waals surface area contributed by atoms with Crippen molar-refractivity contribution in [1.82, 2.24) is 0 Å². The minimum Gasteiger partial charge on any atom is -0.507 e. The first-order valence-corrected chi connectivity index (χ1v) is 5.10. The number of nitro benzene ring substituents is 1. The molecule has 0 amide bonds. The molecule has 0 spiro atoms. The predicted octanol–water partition coefficient (Wildman–Crippen LogP) is 1.09. The van der Waals surface area contributed by atoms with E-state index in [1.165, 1.54) is 0 Å². The molecule has 3 N–H and O–H groups in total. The molecule has 1 aromatic rings. The molecule has 1 rings (SSSR count). The quantitative estimate of drug-likeness (QED) is 0.208. The summed E-state index contributed by atoms with van der Waals surface area (Å²) in [5, 5.41) is 23.3. The lowest BCUT2D eigenvalue weighted by Crippen LogP contribution is -2.16. The monoisotopic (exact) mass is 269 g/mol. The summed E-state index contributed by atoms with van der Waals surface area (Å²) in [6, 6.07) is 3.18. The van der Waals surface area contributed by atoms with Crippen LogP contribution in [0.3, 0.4) is 0 Å². The number of phenols is 1. The van der Waals surface area contributed by atoms with Crippen LogP contribution in [0.4, 0.5) is 10.5 Å². The van der Waals surface area contributed by atoms with Gasteiger partial charge >= 0.3 is 6.16 Å². The van der Waals surface area contributed by atoms with Crippen LogP contribution in [0.1, 0.15) is 12.5 Å². The topological polar surface area (TPSA) is 137 Å². The molecule has 9 heteroatoms. The summed E-state index contributed by atoms with van der Waals surface area (Å²) in [6.07, 6.45) is -1.07. The average Bonchev–Trinajstić information content (AvgIpc) is 2.36. The van der Waals surface area contributed by atoms with Gasteiger partial charge in [0.05, 0.1) is 17.1 Å². The van der Waals surface area contributed by atoms with Crippen LogP contribution in [-0.2, 0) is 9.57 Å². The highest BCUT2D eigenvalue weighted by molar-refractivity contribution is 6.00. The number of ether oxygens (including phenoxy) is 1. The Balaban J connectivity index is 2.95. The molecule has 1 aromatic carbocycles. The number of hydrogen-bond acceptors (Lipinski definition) is 7. The van der Waals surface area contributed by atoms with E-state index < -0.39 is 16.9 Å². The molecule has 0 unspecified atom stereocenters. The van der Waals surface area contributed by atoms with Crippen molar-refractivity contribution in [3.8, 4) is 5.75 Å². The van der Waals surface area contributed by atoms with Gasteiger partial charge in [-0.15, -0.1) is 0 Å². The van der Waals surface area contributed by atoms with Gasteiger partial charge in [-0.1, -0.05) is 5.16 Å². The largest absolute Gasteiger partial charge is 0.535 e. The Morgan fingerprint density at radius 3 is 2.84 bits per heavy atom. The maximum absolute atomic E-state index is 10.9. The van der Waals surface area contributed by atoms with Gasteiger partial charge in [0.2, 0.25) is 0 Å². The first-order chi connectivity index (χ1) is 8.95. The number of nitrogens with zero attached hydrogens (tertiary/aromatic N) is 2. The Labute approximate surface area is 107 Å². The molecule has 0 aromatic heterocycles. The smallest absolute Gasteiger partial charge is 0.507 e. The molecule has 0 saturated carbocycles. The summed E-state index contributed by atoms with van der Waals surface area (Å²) in [7, 11) is 0. The van der Waals surface area contributed by atoms with E-state index in [9.17, 15) is 20.0 Å². The van der Waals surface area contributed by atoms with Gasteiger partial charge in [0.25, 0.3) is 5.69 Å². The average molecular weight is 269 g/mol. The van der Waals surface area contributed by atoms with Crippen molar-refractivity contribution in [2.75, 3.05) is 6.61 Å². The minimum atomic E-state index is -1.07. The number of carbonyl (C=O) groups excluding carboxylic acids is 1. The third-order valence-electron chi connectivity index (χ3n) is 1.95. The fourth-order valence-electron chi connectivity index (χ4n) is 1.12. The standard InChI is InChI=1S/C10H11N3O6/c1-2-18-10(15)19-12-9(11)7-5-6(13(16)17)3-4-8(7)14/h3-5,14H,2H2,1H3,(H2,11,12). The van der Waals surface area contributed by atoms with Crippen LogP contribution in [0, 0.1) is 10.1 Å². The van der Waals surface area contributed by atoms with E-state index in [0.29, 0.717) is 0 Å². The number of benzene rings is 1. The fourth-order valence-corrected chi connectivity index (χ4v) is 1.12. The number of nitro groups is 1. The van der Waals surface area contributed by atoms with Crippen LogP contribution in [0.15, 0.2) is 23.4 Å². The van der Waals surface area contributed by atoms with Crippen molar-refractivity contribution in [3.63, 3.8) is 0 Å². The summed E-state index contributed by atoms with van der Waals surface area (Å²) in [6.45, 7) is 1.66. The Kier molecular flexibility index (Phi) is 4.63. The van der Waals surface area contributed by atoms with Gasteiger partial charge in [-0.2, -0.15) is 0 Å². The van der Waals surface area contributed by atoms with Crippen molar-refractivity contribution in [2.45, 2.75) is 6.92 Å². The maximum Gasteiger partial charge on any atom is 0.535 e. The predicted molar refractivity (Wildman–Crippen MR) is 63.6 cm³/mol. The molecule has 102 valence electrons. The molecule has 0 aliphatic rings. The number of rotatable bonds is 4. The lowest BCUT2D eigenvalue weighted by Gasteiger charge is -2.03. The van der Waals surface area contributed by atoms with Crippen LogP contribution >= 0.6 is 0 Å². The van der Waals surface area contributed by atoms with Crippen LogP contribution < -0.4 is 5.73 Å². The van der Waals surface area contributed by atoms with Gasteiger partial charge in [0.15, 0.2) is 5.84 Å². The third kappa shape index (κ3) is 3.84. The van der Waals surface area contributed by atoms with Gasteiger partial charge in [-0.05, 0) is 13.0 Å². The Hall–Kier alpha value is -2.84. The normalized spacial score (nSPS) is 10.9. The fraction of sp³-hybridized carbons (Fsp3) is 0.200. The van der Waals surface area contributed by atoms with E-state index >= 15 is 0 Å². The first kappa shape index (κ1) is 14.2. The number of oxime groups is 1. The van der Waals surface area contributed by atoms with Gasteiger partial charge in [-0.3, -0.25) is 15.0 Å². The van der Waals surface area contributed by atoms with E-state index in [4.69, 9.17) is 5.73 Å². The molecule has 0 aliphatic carbocycles. The Bertz CT molecular complexity index is 528. The van der Waals surface area contributed by atoms with Crippen molar-refractivity contribution in [3.05, 3.63) is 33.9 Å². The van der Waals surface area contributed by atoms with Crippen LogP contribution in [-0.4, -0.2) is 28.6 Å². The number of nitrogens with two attached hydrogens (primary N) is 1. The second kappa shape index (κ2) is 6.19. The van der Waals surface area contributed by atoms with Crippen molar-refractivity contribution >= 4 is 17.7 Å². The highest BCUT2D eigenvalue weighted by Gasteiger charge is 2.14. The zero-order chi connectivity index (χ0) is 14.4. The molecule has 0 fully saturated rings. The van der Waals surface area contributed by atoms with Gasteiger partial charge in [0, 0.05) is 12.1 Å².